The van der Waals surface area contributed by atoms with Gasteiger partial charge in [-0.25, -0.2) is 9.97 Å². The maximum atomic E-state index is 12.6. The molecule has 6 heteroatoms. The molecule has 3 aromatic heterocycles. The smallest absolute Gasteiger partial charge is 0.258 e. The van der Waals surface area contributed by atoms with Gasteiger partial charge in [0.2, 0.25) is 0 Å². The lowest BCUT2D eigenvalue weighted by atomic mass is 10.2. The number of aryl methyl sites for hydroxylation is 1. The topological polar surface area (TPSA) is 50.5 Å². The fourth-order valence-electron chi connectivity index (χ4n) is 3.98. The van der Waals surface area contributed by atoms with Gasteiger partial charge in [0.1, 0.15) is 10.7 Å². The van der Waals surface area contributed by atoms with Gasteiger partial charge in [0.25, 0.3) is 5.56 Å². The summed E-state index contributed by atoms with van der Waals surface area (Å²) in [5, 5.41) is 1.17. The first-order valence-corrected chi connectivity index (χ1v) is 10.1. The predicted octanol–water partition coefficient (Wildman–Crippen LogP) is 3.95. The minimum atomic E-state index is -0.0103. The van der Waals surface area contributed by atoms with Crippen LogP contribution in [0.2, 0.25) is 0 Å². The van der Waals surface area contributed by atoms with E-state index in [1.165, 1.54) is 9.71 Å². The molecule has 0 amide bonds. The molecule has 1 aromatic carbocycles. The van der Waals surface area contributed by atoms with Crippen LogP contribution in [-0.2, 0) is 6.54 Å². The third-order valence-corrected chi connectivity index (χ3v) is 6.40. The highest BCUT2D eigenvalue weighted by Gasteiger charge is 2.29. The Morgan fingerprint density at radius 2 is 2.04 bits per heavy atom. The van der Waals surface area contributed by atoms with E-state index in [2.05, 4.69) is 23.1 Å². The molecule has 0 bridgehead atoms. The van der Waals surface area contributed by atoms with Gasteiger partial charge in [-0.1, -0.05) is 18.2 Å². The van der Waals surface area contributed by atoms with Gasteiger partial charge in [0.15, 0.2) is 0 Å². The van der Waals surface area contributed by atoms with Crippen LogP contribution in [0.5, 0.6) is 0 Å². The van der Waals surface area contributed by atoms with Crippen LogP contribution in [0.1, 0.15) is 35.3 Å². The third kappa shape index (κ3) is 2.95. The van der Waals surface area contributed by atoms with Crippen molar-refractivity contribution in [2.75, 3.05) is 6.54 Å². The van der Waals surface area contributed by atoms with Crippen LogP contribution in [0.15, 0.2) is 53.3 Å². The Kier molecular flexibility index (Phi) is 4.02. The molecule has 1 fully saturated rings. The quantitative estimate of drug-likeness (QED) is 0.543. The number of para-hydroxylation sites is 1. The first kappa shape index (κ1) is 16.6. The van der Waals surface area contributed by atoms with Gasteiger partial charge >= 0.3 is 0 Å². The molecule has 5 rings (SSSR count). The highest BCUT2D eigenvalue weighted by atomic mass is 32.1. The Bertz CT molecular complexity index is 1160. The van der Waals surface area contributed by atoms with Crippen LogP contribution in [0.25, 0.3) is 15.9 Å². The molecule has 1 aliphatic rings. The summed E-state index contributed by atoms with van der Waals surface area (Å²) < 4.78 is 2.90. The first-order chi connectivity index (χ1) is 13.2. The minimum Gasteiger partial charge on any atom is -0.288 e. The summed E-state index contributed by atoms with van der Waals surface area (Å²) in [7, 11) is 0. The van der Waals surface area contributed by atoms with Crippen molar-refractivity contribution in [3.63, 3.8) is 0 Å². The maximum Gasteiger partial charge on any atom is 0.258 e. The second kappa shape index (κ2) is 6.55. The van der Waals surface area contributed by atoms with Gasteiger partial charge in [-0.3, -0.25) is 14.1 Å². The minimum absolute atomic E-state index is 0.0103. The highest BCUT2D eigenvalue weighted by Crippen LogP contribution is 2.37. The molecule has 0 N–H and O–H groups in total. The molecular formula is C21H20N4OS. The average molecular weight is 376 g/mol. The first-order valence-electron chi connectivity index (χ1n) is 9.27. The molecule has 1 saturated heterocycles. The standard InChI is InChI=1S/C21H20N4OS/c1-14-6-4-10-19-22-15(12-20(26)25(14)19)13-24-11-5-8-17(24)21-23-16-7-2-3-9-18(16)27-21/h2-4,6-7,9-10,12,17H,5,8,11,13H2,1H3. The summed E-state index contributed by atoms with van der Waals surface area (Å²) in [6.45, 7) is 3.62. The summed E-state index contributed by atoms with van der Waals surface area (Å²) in [6, 6.07) is 16.0. The van der Waals surface area contributed by atoms with Crippen molar-refractivity contribution < 1.29 is 0 Å². The van der Waals surface area contributed by atoms with Crippen molar-refractivity contribution in [3.05, 3.63) is 75.3 Å². The molecule has 0 saturated carbocycles. The number of pyridine rings is 1. The Morgan fingerprint density at radius 3 is 2.93 bits per heavy atom. The Hall–Kier alpha value is -2.57. The van der Waals surface area contributed by atoms with E-state index in [0.29, 0.717) is 18.2 Å². The highest BCUT2D eigenvalue weighted by molar-refractivity contribution is 7.18. The molecule has 4 heterocycles. The van der Waals surface area contributed by atoms with Crippen LogP contribution < -0.4 is 5.56 Å². The van der Waals surface area contributed by atoms with Gasteiger partial charge in [-0.15, -0.1) is 11.3 Å². The van der Waals surface area contributed by atoms with Gasteiger partial charge in [0, 0.05) is 18.3 Å². The number of aromatic nitrogens is 3. The zero-order chi connectivity index (χ0) is 18.4. The van der Waals surface area contributed by atoms with Crippen molar-refractivity contribution >= 4 is 27.2 Å². The van der Waals surface area contributed by atoms with Crippen molar-refractivity contribution in [1.82, 2.24) is 19.3 Å². The molecule has 5 nitrogen and oxygen atoms in total. The van der Waals surface area contributed by atoms with Gasteiger partial charge < -0.3 is 0 Å². The van der Waals surface area contributed by atoms with Crippen molar-refractivity contribution in [3.8, 4) is 0 Å². The van der Waals surface area contributed by atoms with Crippen LogP contribution in [0.3, 0.4) is 0 Å². The van der Waals surface area contributed by atoms with E-state index >= 15 is 0 Å². The zero-order valence-corrected chi connectivity index (χ0v) is 15.9. The number of benzene rings is 1. The van der Waals surface area contributed by atoms with E-state index in [9.17, 15) is 4.79 Å². The van der Waals surface area contributed by atoms with Crippen molar-refractivity contribution in [2.24, 2.45) is 0 Å². The third-order valence-electron chi connectivity index (χ3n) is 5.26. The Balaban J connectivity index is 1.47. The molecule has 0 aliphatic carbocycles. The van der Waals surface area contributed by atoms with E-state index in [0.717, 1.165) is 36.3 Å². The number of hydrogen-bond acceptors (Lipinski definition) is 5. The SMILES string of the molecule is Cc1cccc2nc(CN3CCCC3c3nc4ccccc4s3)cc(=O)n12. The largest absolute Gasteiger partial charge is 0.288 e. The summed E-state index contributed by atoms with van der Waals surface area (Å²) in [6.07, 6.45) is 2.25. The van der Waals surface area contributed by atoms with E-state index in [4.69, 9.17) is 9.97 Å². The summed E-state index contributed by atoms with van der Waals surface area (Å²) in [5.41, 5.74) is 3.52. The summed E-state index contributed by atoms with van der Waals surface area (Å²) >= 11 is 1.78. The second-order valence-corrected chi connectivity index (χ2v) is 8.16. The molecular weight excluding hydrogens is 356 g/mol. The molecule has 0 radical (unpaired) electrons. The second-order valence-electron chi connectivity index (χ2n) is 7.09. The maximum absolute atomic E-state index is 12.6. The number of thiazole rings is 1. The summed E-state index contributed by atoms with van der Waals surface area (Å²) in [5.74, 6) is 0. The van der Waals surface area contributed by atoms with E-state index in [1.54, 1.807) is 21.8 Å². The average Bonchev–Trinajstić information content (AvgIpc) is 3.27. The molecule has 1 unspecified atom stereocenters. The fraction of sp³-hybridized carbons (Fsp3) is 0.286. The molecule has 1 aliphatic heterocycles. The lowest BCUT2D eigenvalue weighted by Crippen LogP contribution is -2.25. The molecule has 4 aromatic rings. The number of fused-ring (bicyclic) bond motifs is 2. The lowest BCUT2D eigenvalue weighted by molar-refractivity contribution is 0.245. The molecule has 1 atom stereocenters. The number of rotatable bonds is 3. The Morgan fingerprint density at radius 1 is 1.15 bits per heavy atom. The van der Waals surface area contributed by atoms with Gasteiger partial charge in [-0.05, 0) is 50.6 Å². The van der Waals surface area contributed by atoms with Gasteiger partial charge in [0.05, 0.1) is 22.0 Å². The normalized spacial score (nSPS) is 17.9. The number of likely N-dealkylation sites (tertiary alicyclic amines) is 1. The van der Waals surface area contributed by atoms with Crippen LogP contribution in [-0.4, -0.2) is 25.8 Å². The van der Waals surface area contributed by atoms with Gasteiger partial charge in [-0.2, -0.15) is 0 Å². The van der Waals surface area contributed by atoms with Crippen molar-refractivity contribution in [1.29, 1.82) is 0 Å². The molecule has 0 spiro atoms. The predicted molar refractivity (Wildman–Crippen MR) is 108 cm³/mol. The van der Waals surface area contributed by atoms with E-state index < -0.39 is 0 Å². The van der Waals surface area contributed by atoms with E-state index in [1.807, 2.05) is 31.2 Å². The number of hydrogen-bond donors (Lipinski definition) is 0. The lowest BCUT2D eigenvalue weighted by Gasteiger charge is -2.22. The fourth-order valence-corrected chi connectivity index (χ4v) is 5.12. The number of nitrogens with zero attached hydrogens (tertiary/aromatic N) is 4. The van der Waals surface area contributed by atoms with E-state index in [-0.39, 0.29) is 5.56 Å². The summed E-state index contributed by atoms with van der Waals surface area (Å²) in [4.78, 5) is 24.6. The van der Waals surface area contributed by atoms with Crippen molar-refractivity contribution in [2.45, 2.75) is 32.4 Å². The monoisotopic (exact) mass is 376 g/mol. The van der Waals surface area contributed by atoms with Crippen LogP contribution in [0.4, 0.5) is 0 Å². The molecule has 27 heavy (non-hydrogen) atoms. The zero-order valence-electron chi connectivity index (χ0n) is 15.1. The van der Waals surface area contributed by atoms with Crippen LogP contribution >= 0.6 is 11.3 Å². The van der Waals surface area contributed by atoms with Crippen LogP contribution in [0, 0.1) is 6.92 Å². The Labute approximate surface area is 160 Å². The molecule has 136 valence electrons.